The Morgan fingerprint density at radius 3 is 2.78 bits per heavy atom. The van der Waals surface area contributed by atoms with Crippen molar-refractivity contribution in [3.63, 3.8) is 0 Å². The van der Waals surface area contributed by atoms with Crippen LogP contribution >= 0.6 is 11.6 Å². The number of aromatic amines is 2. The number of aromatic nitrogens is 5. The molecule has 0 saturated heterocycles. The molecule has 0 unspecified atom stereocenters. The SMILES string of the molecule is Cn1cccc1-c1cc(C(=O)NCc2cn[nH]c2-c2ccc(Cl)cc2)[nH]n1. The first-order valence-electron chi connectivity index (χ1n) is 8.35. The van der Waals surface area contributed by atoms with Crippen molar-refractivity contribution in [2.45, 2.75) is 6.54 Å². The summed E-state index contributed by atoms with van der Waals surface area (Å²) in [6.07, 6.45) is 3.63. The fourth-order valence-electron chi connectivity index (χ4n) is 2.88. The molecule has 0 atom stereocenters. The van der Waals surface area contributed by atoms with Crippen molar-refractivity contribution in [1.82, 2.24) is 30.3 Å². The molecule has 4 rings (SSSR count). The van der Waals surface area contributed by atoms with Crippen LogP contribution < -0.4 is 5.32 Å². The maximum Gasteiger partial charge on any atom is 0.269 e. The van der Waals surface area contributed by atoms with E-state index < -0.39 is 0 Å². The van der Waals surface area contributed by atoms with Crippen LogP contribution in [0.4, 0.5) is 0 Å². The lowest BCUT2D eigenvalue weighted by atomic mass is 10.1. The zero-order valence-corrected chi connectivity index (χ0v) is 15.3. The van der Waals surface area contributed by atoms with E-state index in [-0.39, 0.29) is 5.91 Å². The summed E-state index contributed by atoms with van der Waals surface area (Å²) < 4.78 is 1.95. The molecule has 0 spiro atoms. The van der Waals surface area contributed by atoms with Crippen molar-refractivity contribution in [1.29, 1.82) is 0 Å². The minimum atomic E-state index is -0.230. The van der Waals surface area contributed by atoms with Crippen molar-refractivity contribution in [3.05, 3.63) is 71.1 Å². The lowest BCUT2D eigenvalue weighted by molar-refractivity contribution is 0.0946. The number of hydrogen-bond donors (Lipinski definition) is 3. The smallest absolute Gasteiger partial charge is 0.269 e. The molecule has 0 radical (unpaired) electrons. The van der Waals surface area contributed by atoms with E-state index in [2.05, 4.69) is 25.7 Å². The summed E-state index contributed by atoms with van der Waals surface area (Å²) in [5.74, 6) is -0.230. The van der Waals surface area contributed by atoms with Crippen LogP contribution in [0.3, 0.4) is 0 Å². The van der Waals surface area contributed by atoms with Gasteiger partial charge < -0.3 is 9.88 Å². The van der Waals surface area contributed by atoms with Crippen LogP contribution in [0.15, 0.2) is 54.9 Å². The third-order valence-electron chi connectivity index (χ3n) is 4.32. The highest BCUT2D eigenvalue weighted by molar-refractivity contribution is 6.30. The van der Waals surface area contributed by atoms with Crippen molar-refractivity contribution in [2.24, 2.45) is 7.05 Å². The van der Waals surface area contributed by atoms with Crippen LogP contribution in [0, 0.1) is 0 Å². The largest absolute Gasteiger partial charge is 0.349 e. The van der Waals surface area contributed by atoms with Gasteiger partial charge in [-0.1, -0.05) is 23.7 Å². The second-order valence-electron chi connectivity index (χ2n) is 6.13. The van der Waals surface area contributed by atoms with E-state index in [1.807, 2.05) is 54.2 Å². The molecule has 3 N–H and O–H groups in total. The van der Waals surface area contributed by atoms with Crippen molar-refractivity contribution < 1.29 is 4.79 Å². The Bertz CT molecular complexity index is 1080. The molecule has 1 amide bonds. The predicted octanol–water partition coefficient (Wildman–Crippen LogP) is 3.39. The fraction of sp³-hybridized carbons (Fsp3) is 0.105. The first-order chi connectivity index (χ1) is 13.1. The van der Waals surface area contributed by atoms with Crippen LogP contribution in [0.1, 0.15) is 16.1 Å². The van der Waals surface area contributed by atoms with Crippen LogP contribution in [-0.2, 0) is 13.6 Å². The summed E-state index contributed by atoms with van der Waals surface area (Å²) in [5, 5.41) is 17.6. The van der Waals surface area contributed by atoms with Gasteiger partial charge in [0.1, 0.15) is 11.4 Å². The first kappa shape index (κ1) is 17.1. The normalized spacial score (nSPS) is 10.9. The van der Waals surface area contributed by atoms with E-state index in [4.69, 9.17) is 11.6 Å². The number of carbonyl (C=O) groups is 1. The first-order valence-corrected chi connectivity index (χ1v) is 8.73. The minimum absolute atomic E-state index is 0.230. The highest BCUT2D eigenvalue weighted by atomic mass is 35.5. The Balaban J connectivity index is 1.46. The average molecular weight is 381 g/mol. The molecule has 0 bridgehead atoms. The summed E-state index contributed by atoms with van der Waals surface area (Å²) in [7, 11) is 1.93. The number of halogens is 1. The van der Waals surface area contributed by atoms with Gasteiger partial charge in [0, 0.05) is 30.4 Å². The van der Waals surface area contributed by atoms with E-state index in [0.29, 0.717) is 17.3 Å². The molecule has 27 heavy (non-hydrogen) atoms. The molecule has 4 aromatic rings. The Labute approximate surface area is 160 Å². The van der Waals surface area contributed by atoms with Gasteiger partial charge in [0.2, 0.25) is 0 Å². The van der Waals surface area contributed by atoms with Gasteiger partial charge in [-0.3, -0.25) is 15.0 Å². The maximum absolute atomic E-state index is 12.5. The molecule has 0 aliphatic heterocycles. The van der Waals surface area contributed by atoms with E-state index >= 15 is 0 Å². The summed E-state index contributed by atoms with van der Waals surface area (Å²) in [4.78, 5) is 12.5. The maximum atomic E-state index is 12.5. The zero-order valence-electron chi connectivity index (χ0n) is 14.5. The van der Waals surface area contributed by atoms with Crippen LogP contribution in [0.25, 0.3) is 22.6 Å². The van der Waals surface area contributed by atoms with Gasteiger partial charge in [0.05, 0.1) is 17.6 Å². The minimum Gasteiger partial charge on any atom is -0.349 e. The van der Waals surface area contributed by atoms with E-state index in [1.165, 1.54) is 0 Å². The highest BCUT2D eigenvalue weighted by Crippen LogP contribution is 2.23. The van der Waals surface area contributed by atoms with Gasteiger partial charge in [0.25, 0.3) is 5.91 Å². The Hall–Kier alpha value is -3.32. The molecule has 3 heterocycles. The second kappa shape index (κ2) is 7.13. The van der Waals surface area contributed by atoms with Gasteiger partial charge in [0.15, 0.2) is 0 Å². The van der Waals surface area contributed by atoms with E-state index in [9.17, 15) is 4.79 Å². The second-order valence-corrected chi connectivity index (χ2v) is 6.57. The molecule has 0 fully saturated rings. The van der Waals surface area contributed by atoms with Crippen LogP contribution in [-0.4, -0.2) is 30.9 Å². The number of aryl methyl sites for hydroxylation is 1. The van der Waals surface area contributed by atoms with Gasteiger partial charge >= 0.3 is 0 Å². The fourth-order valence-corrected chi connectivity index (χ4v) is 3.00. The zero-order chi connectivity index (χ0) is 18.8. The number of benzene rings is 1. The third-order valence-corrected chi connectivity index (χ3v) is 4.57. The Morgan fingerprint density at radius 1 is 1.22 bits per heavy atom. The highest BCUT2D eigenvalue weighted by Gasteiger charge is 2.14. The molecule has 0 aliphatic rings. The quantitative estimate of drug-likeness (QED) is 0.495. The van der Waals surface area contributed by atoms with Crippen LogP contribution in [0.5, 0.6) is 0 Å². The molecule has 8 heteroatoms. The van der Waals surface area contributed by atoms with Crippen LogP contribution in [0.2, 0.25) is 5.02 Å². The summed E-state index contributed by atoms with van der Waals surface area (Å²) >= 11 is 5.94. The Morgan fingerprint density at radius 2 is 2.04 bits per heavy atom. The number of H-pyrrole nitrogens is 2. The van der Waals surface area contributed by atoms with Crippen molar-refractivity contribution >= 4 is 17.5 Å². The molecule has 1 aromatic carbocycles. The number of rotatable bonds is 5. The molecule has 0 saturated carbocycles. The van der Waals surface area contributed by atoms with Gasteiger partial charge in [-0.2, -0.15) is 10.2 Å². The Kier molecular flexibility index (Phi) is 4.52. The summed E-state index contributed by atoms with van der Waals surface area (Å²) in [6, 6.07) is 13.1. The number of carbonyl (C=O) groups excluding carboxylic acids is 1. The molecule has 3 aromatic heterocycles. The molecular formula is C19H17ClN6O. The standard InChI is InChI=1S/C19H17ClN6O/c1-26-8-2-3-17(26)15-9-16(24-23-15)19(27)21-10-13-11-22-25-18(13)12-4-6-14(20)7-5-12/h2-9,11H,10H2,1H3,(H,21,27)(H,22,25)(H,23,24). The molecule has 136 valence electrons. The van der Waals surface area contributed by atoms with E-state index in [0.717, 1.165) is 28.2 Å². The topological polar surface area (TPSA) is 91.4 Å². The lowest BCUT2D eigenvalue weighted by Crippen LogP contribution is -2.23. The summed E-state index contributed by atoms with van der Waals surface area (Å²) in [6.45, 7) is 0.339. The predicted molar refractivity (Wildman–Crippen MR) is 103 cm³/mol. The average Bonchev–Trinajstić information content (AvgIpc) is 3.40. The van der Waals surface area contributed by atoms with E-state index in [1.54, 1.807) is 12.3 Å². The van der Waals surface area contributed by atoms with Crippen molar-refractivity contribution in [3.8, 4) is 22.6 Å². The van der Waals surface area contributed by atoms with Gasteiger partial charge in [-0.25, -0.2) is 0 Å². The third kappa shape index (κ3) is 3.50. The molecular weight excluding hydrogens is 364 g/mol. The number of nitrogens with zero attached hydrogens (tertiary/aromatic N) is 3. The number of nitrogens with one attached hydrogen (secondary N) is 3. The number of hydrogen-bond acceptors (Lipinski definition) is 3. The van der Waals surface area contributed by atoms with Crippen molar-refractivity contribution in [2.75, 3.05) is 0 Å². The molecule has 0 aliphatic carbocycles. The van der Waals surface area contributed by atoms with Gasteiger partial charge in [-0.05, 0) is 35.9 Å². The van der Waals surface area contributed by atoms with Gasteiger partial charge in [-0.15, -0.1) is 0 Å². The molecule has 7 nitrogen and oxygen atoms in total. The lowest BCUT2D eigenvalue weighted by Gasteiger charge is -2.05. The number of amides is 1. The summed E-state index contributed by atoms with van der Waals surface area (Å²) in [5.41, 5.74) is 4.74. The monoisotopic (exact) mass is 380 g/mol.